The van der Waals surface area contributed by atoms with E-state index in [1.165, 1.54) is 10.5 Å². The fraction of sp³-hybridized carbons (Fsp3) is 0.292. The summed E-state index contributed by atoms with van der Waals surface area (Å²) < 4.78 is 0. The number of thiocarbonyl (C=S) groups is 1. The van der Waals surface area contributed by atoms with Gasteiger partial charge in [-0.3, -0.25) is 19.8 Å². The summed E-state index contributed by atoms with van der Waals surface area (Å²) in [5.74, 6) is -0.792. The Hall–Kier alpha value is -2.70. The third-order valence-corrected chi connectivity index (χ3v) is 6.56. The van der Waals surface area contributed by atoms with E-state index >= 15 is 0 Å². The van der Waals surface area contributed by atoms with Crippen molar-refractivity contribution in [3.8, 4) is 0 Å². The van der Waals surface area contributed by atoms with Gasteiger partial charge in [-0.1, -0.05) is 42.8 Å². The molecule has 0 aromatic heterocycles. The predicted molar refractivity (Wildman–Crippen MR) is 128 cm³/mol. The summed E-state index contributed by atoms with van der Waals surface area (Å²) in [5.41, 5.74) is 4.38. The Labute approximate surface area is 192 Å². The first-order valence-corrected chi connectivity index (χ1v) is 11.2. The fourth-order valence-corrected chi connectivity index (χ4v) is 4.55. The van der Waals surface area contributed by atoms with Gasteiger partial charge in [0.25, 0.3) is 11.8 Å². The number of halogens is 1. The first-order chi connectivity index (χ1) is 14.9. The quantitative estimate of drug-likeness (QED) is 0.416. The Morgan fingerprint density at radius 1 is 1.23 bits per heavy atom. The zero-order valence-electron chi connectivity index (χ0n) is 17.5. The third-order valence-electron chi connectivity index (χ3n) is 5.89. The molecule has 0 spiro atoms. The standard InChI is InChI=1S/C24H24ClN3O2S/c1-3-15(2)28-23(30)19(22(29)26-24(28)31)13-16-8-9-21-17(12-16)10-11-27(21)14-18-6-4-5-7-20(18)25/h4-9,12-13,15H,3,10-11,14H2,1-2H3,(H,26,29,31)/b19-13-. The van der Waals surface area contributed by atoms with Crippen molar-refractivity contribution in [2.24, 2.45) is 0 Å². The minimum Gasteiger partial charge on any atom is -0.367 e. The van der Waals surface area contributed by atoms with Crippen molar-refractivity contribution in [2.75, 3.05) is 11.4 Å². The van der Waals surface area contributed by atoms with Gasteiger partial charge in [0.05, 0.1) is 0 Å². The van der Waals surface area contributed by atoms with E-state index in [1.54, 1.807) is 6.08 Å². The van der Waals surface area contributed by atoms with Gasteiger partial charge < -0.3 is 4.90 Å². The molecule has 5 nitrogen and oxygen atoms in total. The van der Waals surface area contributed by atoms with Gasteiger partial charge in [0.1, 0.15) is 5.57 Å². The number of nitrogens with one attached hydrogen (secondary N) is 1. The molecule has 2 aromatic rings. The molecule has 1 fully saturated rings. The van der Waals surface area contributed by atoms with Crippen molar-refractivity contribution in [2.45, 2.75) is 39.3 Å². The number of nitrogens with zero attached hydrogens (tertiary/aromatic N) is 2. The van der Waals surface area contributed by atoms with Crippen LogP contribution in [0.25, 0.3) is 6.08 Å². The number of anilines is 1. The normalized spacial score (nSPS) is 18.4. The summed E-state index contributed by atoms with van der Waals surface area (Å²) in [6, 6.07) is 13.8. The molecule has 0 saturated carbocycles. The zero-order valence-corrected chi connectivity index (χ0v) is 19.1. The molecule has 2 aliphatic rings. The summed E-state index contributed by atoms with van der Waals surface area (Å²) in [6.45, 7) is 5.54. The van der Waals surface area contributed by atoms with E-state index in [2.05, 4.69) is 16.3 Å². The van der Waals surface area contributed by atoms with Crippen molar-refractivity contribution in [3.63, 3.8) is 0 Å². The molecule has 1 N–H and O–H groups in total. The van der Waals surface area contributed by atoms with Gasteiger partial charge >= 0.3 is 0 Å². The number of amides is 2. The second kappa shape index (κ2) is 8.81. The van der Waals surface area contributed by atoms with Gasteiger partial charge in [0.2, 0.25) is 0 Å². The summed E-state index contributed by atoms with van der Waals surface area (Å²) in [4.78, 5) is 29.2. The number of hydrogen-bond acceptors (Lipinski definition) is 4. The number of benzene rings is 2. The molecule has 31 heavy (non-hydrogen) atoms. The van der Waals surface area contributed by atoms with E-state index in [0.29, 0.717) is 0 Å². The number of hydrogen-bond donors (Lipinski definition) is 1. The molecular formula is C24H24ClN3O2S. The summed E-state index contributed by atoms with van der Waals surface area (Å²) >= 11 is 11.5. The van der Waals surface area contributed by atoms with E-state index < -0.39 is 5.91 Å². The van der Waals surface area contributed by atoms with E-state index in [-0.39, 0.29) is 22.6 Å². The predicted octanol–water partition coefficient (Wildman–Crippen LogP) is 4.33. The van der Waals surface area contributed by atoms with Gasteiger partial charge in [0, 0.05) is 29.8 Å². The Morgan fingerprint density at radius 3 is 2.74 bits per heavy atom. The van der Waals surface area contributed by atoms with Gasteiger partial charge in [0.15, 0.2) is 5.11 Å². The Morgan fingerprint density at radius 2 is 2.00 bits per heavy atom. The van der Waals surface area contributed by atoms with Crippen LogP contribution >= 0.6 is 23.8 Å². The van der Waals surface area contributed by atoms with Crippen LogP contribution in [-0.4, -0.2) is 34.4 Å². The smallest absolute Gasteiger partial charge is 0.265 e. The van der Waals surface area contributed by atoms with Gasteiger partial charge in [-0.05, 0) is 72.9 Å². The SMILES string of the molecule is CCC(C)N1C(=O)/C(=C\c2ccc3c(c2)CCN3Cc2ccccc2Cl)C(=O)NC1=S. The zero-order chi connectivity index (χ0) is 22.1. The maximum Gasteiger partial charge on any atom is 0.265 e. The Kier molecular flexibility index (Phi) is 6.12. The lowest BCUT2D eigenvalue weighted by molar-refractivity contribution is -0.130. The van der Waals surface area contributed by atoms with Gasteiger partial charge in [-0.15, -0.1) is 0 Å². The minimum atomic E-state index is -0.449. The summed E-state index contributed by atoms with van der Waals surface area (Å²) in [5, 5.41) is 3.58. The first-order valence-electron chi connectivity index (χ1n) is 10.4. The van der Waals surface area contributed by atoms with Crippen molar-refractivity contribution in [3.05, 3.63) is 69.8 Å². The molecular weight excluding hydrogens is 430 g/mol. The first kappa shape index (κ1) is 21.5. The summed E-state index contributed by atoms with van der Waals surface area (Å²) in [7, 11) is 0. The third kappa shape index (κ3) is 4.23. The van der Waals surface area contributed by atoms with Crippen LogP contribution in [0.5, 0.6) is 0 Å². The fourth-order valence-electron chi connectivity index (χ4n) is 4.00. The van der Waals surface area contributed by atoms with Crippen molar-refractivity contribution in [1.29, 1.82) is 0 Å². The molecule has 1 atom stereocenters. The minimum absolute atomic E-state index is 0.0811. The molecule has 0 aliphatic carbocycles. The topological polar surface area (TPSA) is 52.7 Å². The molecule has 1 saturated heterocycles. The molecule has 2 aliphatic heterocycles. The molecule has 2 heterocycles. The van der Waals surface area contributed by atoms with Crippen LogP contribution in [0.1, 0.15) is 37.0 Å². The van der Waals surface area contributed by atoms with E-state index in [1.807, 2.05) is 50.2 Å². The van der Waals surface area contributed by atoms with E-state index in [4.69, 9.17) is 23.8 Å². The highest BCUT2D eigenvalue weighted by atomic mass is 35.5. The van der Waals surface area contributed by atoms with Gasteiger partial charge in [-0.25, -0.2) is 0 Å². The molecule has 1 unspecified atom stereocenters. The van der Waals surface area contributed by atoms with E-state index in [0.717, 1.165) is 47.8 Å². The number of carbonyl (C=O) groups is 2. The maximum atomic E-state index is 13.0. The maximum absolute atomic E-state index is 13.0. The lowest BCUT2D eigenvalue weighted by Crippen LogP contribution is -2.56. The van der Waals surface area contributed by atoms with Crippen LogP contribution in [0.15, 0.2) is 48.0 Å². The van der Waals surface area contributed by atoms with Crippen LogP contribution in [0.4, 0.5) is 5.69 Å². The molecule has 7 heteroatoms. The molecule has 160 valence electrons. The van der Waals surface area contributed by atoms with Crippen LogP contribution < -0.4 is 10.2 Å². The van der Waals surface area contributed by atoms with Crippen molar-refractivity contribution < 1.29 is 9.59 Å². The van der Waals surface area contributed by atoms with Crippen molar-refractivity contribution >= 4 is 52.5 Å². The average Bonchev–Trinajstić information content (AvgIpc) is 3.14. The van der Waals surface area contributed by atoms with Crippen LogP contribution in [0.2, 0.25) is 5.02 Å². The molecule has 2 amide bonds. The lowest BCUT2D eigenvalue weighted by Gasteiger charge is -2.33. The summed E-state index contributed by atoms with van der Waals surface area (Å²) in [6.07, 6.45) is 3.31. The highest BCUT2D eigenvalue weighted by molar-refractivity contribution is 7.80. The number of fused-ring (bicyclic) bond motifs is 1. The number of carbonyl (C=O) groups excluding carboxylic acids is 2. The van der Waals surface area contributed by atoms with Crippen LogP contribution in [-0.2, 0) is 22.6 Å². The average molecular weight is 454 g/mol. The highest BCUT2D eigenvalue weighted by Crippen LogP contribution is 2.32. The molecule has 0 radical (unpaired) electrons. The van der Waals surface area contributed by atoms with Crippen LogP contribution in [0, 0.1) is 0 Å². The van der Waals surface area contributed by atoms with E-state index in [9.17, 15) is 9.59 Å². The number of rotatable bonds is 5. The highest BCUT2D eigenvalue weighted by Gasteiger charge is 2.35. The van der Waals surface area contributed by atoms with Crippen molar-refractivity contribution in [1.82, 2.24) is 10.2 Å². The monoisotopic (exact) mass is 453 g/mol. The second-order valence-corrected chi connectivity index (χ2v) is 8.69. The van der Waals surface area contributed by atoms with Crippen LogP contribution in [0.3, 0.4) is 0 Å². The molecule has 0 bridgehead atoms. The molecule has 2 aromatic carbocycles. The molecule has 4 rings (SSSR count). The Bertz CT molecular complexity index is 1100. The Balaban J connectivity index is 1.59. The second-order valence-electron chi connectivity index (χ2n) is 7.90. The van der Waals surface area contributed by atoms with Gasteiger partial charge in [-0.2, -0.15) is 0 Å². The largest absolute Gasteiger partial charge is 0.367 e. The lowest BCUT2D eigenvalue weighted by atomic mass is 10.0.